The fourth-order valence-electron chi connectivity index (χ4n) is 3.22. The van der Waals surface area contributed by atoms with Gasteiger partial charge < -0.3 is 9.64 Å². The fraction of sp³-hybridized carbons (Fsp3) is 0.261. The molecule has 3 nitrogen and oxygen atoms in total. The molecule has 3 aromatic rings. The molecule has 0 saturated heterocycles. The van der Waals surface area contributed by atoms with Crippen LogP contribution < -0.4 is 4.74 Å². The Morgan fingerprint density at radius 1 is 1.07 bits per heavy atom. The summed E-state index contributed by atoms with van der Waals surface area (Å²) in [6, 6.07) is 18.8. The van der Waals surface area contributed by atoms with Gasteiger partial charge in [-0.15, -0.1) is 0 Å². The van der Waals surface area contributed by atoms with Gasteiger partial charge in [0.25, 0.3) is 0 Å². The van der Waals surface area contributed by atoms with E-state index in [2.05, 4.69) is 78.2 Å². The van der Waals surface area contributed by atoms with Crippen LogP contribution in [0.3, 0.4) is 0 Å². The van der Waals surface area contributed by atoms with Crippen LogP contribution in [0.2, 0.25) is 0 Å². The van der Waals surface area contributed by atoms with Crippen LogP contribution in [0.5, 0.6) is 5.88 Å². The van der Waals surface area contributed by atoms with Gasteiger partial charge in [0.1, 0.15) is 0 Å². The van der Waals surface area contributed by atoms with E-state index in [0.717, 1.165) is 33.9 Å². The molecule has 2 aromatic carbocycles. The second-order valence-electron chi connectivity index (χ2n) is 6.96. The topological polar surface area (TPSA) is 25.4 Å². The molecule has 0 amide bonds. The monoisotopic (exact) mass is 424 g/mol. The van der Waals surface area contributed by atoms with Crippen molar-refractivity contribution in [2.75, 3.05) is 27.7 Å². The molecule has 1 aromatic heterocycles. The molecule has 0 atom stereocenters. The number of nitrogens with zero attached hydrogens (tertiary/aromatic N) is 2. The van der Waals surface area contributed by atoms with E-state index in [1.807, 2.05) is 18.2 Å². The summed E-state index contributed by atoms with van der Waals surface area (Å²) in [5, 5.41) is 1.09. The van der Waals surface area contributed by atoms with Gasteiger partial charge in [0.05, 0.1) is 12.6 Å². The van der Waals surface area contributed by atoms with Crippen molar-refractivity contribution in [3.05, 3.63) is 75.8 Å². The van der Waals surface area contributed by atoms with Crippen LogP contribution in [0.15, 0.2) is 64.6 Å². The average molecular weight is 425 g/mol. The molecule has 1 heterocycles. The van der Waals surface area contributed by atoms with Crippen molar-refractivity contribution in [3.8, 4) is 5.88 Å². The highest BCUT2D eigenvalue weighted by Crippen LogP contribution is 2.36. The molecule has 0 unspecified atom stereocenters. The van der Waals surface area contributed by atoms with Gasteiger partial charge in [-0.05, 0) is 62.8 Å². The highest BCUT2D eigenvalue weighted by molar-refractivity contribution is 9.10. The van der Waals surface area contributed by atoms with Crippen LogP contribution in [0.4, 0.5) is 0 Å². The molecule has 140 valence electrons. The van der Waals surface area contributed by atoms with Gasteiger partial charge in [-0.25, -0.2) is 4.98 Å². The maximum absolute atomic E-state index is 5.69. The van der Waals surface area contributed by atoms with Crippen LogP contribution in [-0.4, -0.2) is 37.6 Å². The SMILES string of the molecule is COc1nc2ccc(Br)cc2cc1/C(=C(\C)CCN(C)C)c1ccccc1. The van der Waals surface area contributed by atoms with E-state index < -0.39 is 0 Å². The zero-order valence-electron chi connectivity index (χ0n) is 16.3. The molecule has 4 heteroatoms. The highest BCUT2D eigenvalue weighted by atomic mass is 79.9. The van der Waals surface area contributed by atoms with Gasteiger partial charge in [-0.3, -0.25) is 0 Å². The minimum absolute atomic E-state index is 0.660. The Balaban J connectivity index is 2.23. The second-order valence-corrected chi connectivity index (χ2v) is 7.87. The summed E-state index contributed by atoms with van der Waals surface area (Å²) in [7, 11) is 5.89. The third-order valence-corrected chi connectivity index (χ3v) is 5.12. The Morgan fingerprint density at radius 2 is 1.81 bits per heavy atom. The molecular formula is C23H25BrN2O. The van der Waals surface area contributed by atoms with Crippen LogP contribution in [0.1, 0.15) is 24.5 Å². The van der Waals surface area contributed by atoms with Crippen LogP contribution in [0.25, 0.3) is 16.5 Å². The lowest BCUT2D eigenvalue weighted by molar-refractivity contribution is 0.398. The minimum Gasteiger partial charge on any atom is -0.481 e. The predicted molar refractivity (Wildman–Crippen MR) is 117 cm³/mol. The van der Waals surface area contributed by atoms with Gasteiger partial charge >= 0.3 is 0 Å². The van der Waals surface area contributed by atoms with E-state index in [0.29, 0.717) is 5.88 Å². The number of hydrogen-bond acceptors (Lipinski definition) is 3. The third-order valence-electron chi connectivity index (χ3n) is 4.63. The first kappa shape index (κ1) is 19.6. The van der Waals surface area contributed by atoms with E-state index in [9.17, 15) is 0 Å². The summed E-state index contributed by atoms with van der Waals surface area (Å²) in [5.41, 5.74) is 5.67. The highest BCUT2D eigenvalue weighted by Gasteiger charge is 2.16. The Hall–Kier alpha value is -2.17. The molecule has 0 N–H and O–H groups in total. The first-order valence-corrected chi connectivity index (χ1v) is 9.83. The van der Waals surface area contributed by atoms with E-state index in [1.165, 1.54) is 16.7 Å². The lowest BCUT2D eigenvalue weighted by Gasteiger charge is -2.18. The molecule has 27 heavy (non-hydrogen) atoms. The molecule has 0 aliphatic carbocycles. The quantitative estimate of drug-likeness (QED) is 0.501. The Kier molecular flexibility index (Phi) is 6.30. The van der Waals surface area contributed by atoms with Crippen LogP contribution >= 0.6 is 15.9 Å². The van der Waals surface area contributed by atoms with Crippen molar-refractivity contribution in [2.45, 2.75) is 13.3 Å². The maximum atomic E-state index is 5.69. The second kappa shape index (κ2) is 8.68. The zero-order valence-corrected chi connectivity index (χ0v) is 17.9. The van der Waals surface area contributed by atoms with Crippen molar-refractivity contribution in [1.29, 1.82) is 0 Å². The summed E-state index contributed by atoms with van der Waals surface area (Å²) in [6.45, 7) is 3.20. The minimum atomic E-state index is 0.660. The standard InChI is InChI=1S/C23H25BrN2O/c1-16(12-13-26(2)3)22(17-8-6-5-7-9-17)20-15-18-14-19(24)10-11-21(18)25-23(20)27-4/h5-11,14-15H,12-13H2,1-4H3/b22-16+. The number of methoxy groups -OCH3 is 1. The first-order chi connectivity index (χ1) is 13.0. The number of pyridine rings is 1. The zero-order chi connectivity index (χ0) is 19.4. The number of benzene rings is 2. The molecule has 0 aliphatic heterocycles. The van der Waals surface area contributed by atoms with E-state index in [-0.39, 0.29) is 0 Å². The lowest BCUT2D eigenvalue weighted by atomic mass is 9.92. The van der Waals surface area contributed by atoms with Gasteiger partial charge in [-0.2, -0.15) is 0 Å². The first-order valence-electron chi connectivity index (χ1n) is 9.04. The van der Waals surface area contributed by atoms with Gasteiger partial charge in [0, 0.05) is 22.0 Å². The number of hydrogen-bond donors (Lipinski definition) is 0. The van der Waals surface area contributed by atoms with E-state index >= 15 is 0 Å². The number of fused-ring (bicyclic) bond motifs is 1. The van der Waals surface area contributed by atoms with Crippen molar-refractivity contribution < 1.29 is 4.74 Å². The number of rotatable bonds is 6. The molecule has 0 spiro atoms. The molecule has 0 saturated carbocycles. The normalized spacial score (nSPS) is 12.4. The number of halogens is 1. The van der Waals surface area contributed by atoms with Crippen LogP contribution in [-0.2, 0) is 0 Å². The van der Waals surface area contributed by atoms with Crippen LogP contribution in [0, 0.1) is 0 Å². The number of aromatic nitrogens is 1. The summed E-state index contributed by atoms with van der Waals surface area (Å²) in [5.74, 6) is 0.660. The van der Waals surface area contributed by atoms with E-state index in [1.54, 1.807) is 7.11 Å². The summed E-state index contributed by atoms with van der Waals surface area (Å²) in [4.78, 5) is 6.98. The van der Waals surface area contributed by atoms with Crippen molar-refractivity contribution in [1.82, 2.24) is 9.88 Å². The number of ether oxygens (including phenoxy) is 1. The van der Waals surface area contributed by atoms with Gasteiger partial charge in [-0.1, -0.05) is 51.8 Å². The predicted octanol–water partition coefficient (Wildman–Crippen LogP) is 5.78. The maximum Gasteiger partial charge on any atom is 0.221 e. The summed E-state index contributed by atoms with van der Waals surface area (Å²) in [6.07, 6.45) is 0.983. The Labute approximate surface area is 169 Å². The summed E-state index contributed by atoms with van der Waals surface area (Å²) < 4.78 is 6.74. The Bertz CT molecular complexity index is 965. The summed E-state index contributed by atoms with van der Waals surface area (Å²) >= 11 is 3.57. The van der Waals surface area contributed by atoms with Crippen molar-refractivity contribution in [2.24, 2.45) is 0 Å². The molecule has 3 rings (SSSR count). The van der Waals surface area contributed by atoms with Gasteiger partial charge in [0.15, 0.2) is 0 Å². The largest absolute Gasteiger partial charge is 0.481 e. The Morgan fingerprint density at radius 3 is 2.48 bits per heavy atom. The molecule has 0 fully saturated rings. The van der Waals surface area contributed by atoms with Gasteiger partial charge in [0.2, 0.25) is 5.88 Å². The van der Waals surface area contributed by atoms with E-state index in [4.69, 9.17) is 9.72 Å². The molecular weight excluding hydrogens is 400 g/mol. The molecule has 0 aliphatic rings. The lowest BCUT2D eigenvalue weighted by Crippen LogP contribution is -2.13. The molecule has 0 bridgehead atoms. The third kappa shape index (κ3) is 4.57. The average Bonchev–Trinajstić information content (AvgIpc) is 2.66. The smallest absolute Gasteiger partial charge is 0.221 e. The molecule has 0 radical (unpaired) electrons. The fourth-order valence-corrected chi connectivity index (χ4v) is 3.60. The van der Waals surface area contributed by atoms with Crippen molar-refractivity contribution in [3.63, 3.8) is 0 Å². The van der Waals surface area contributed by atoms with Crippen molar-refractivity contribution >= 4 is 32.4 Å².